The van der Waals surface area contributed by atoms with Gasteiger partial charge in [0.15, 0.2) is 11.5 Å². The first-order valence-corrected chi connectivity index (χ1v) is 7.41. The molecule has 24 heavy (non-hydrogen) atoms. The molecule has 0 saturated carbocycles. The first-order valence-electron chi connectivity index (χ1n) is 7.41. The molecule has 6 nitrogen and oxygen atoms in total. The van der Waals surface area contributed by atoms with Crippen LogP contribution in [0.3, 0.4) is 0 Å². The zero-order valence-corrected chi connectivity index (χ0v) is 13.7. The molecule has 0 amide bonds. The number of phenols is 1. The van der Waals surface area contributed by atoms with Gasteiger partial charge in [0.1, 0.15) is 11.5 Å². The molecule has 3 rings (SSSR count). The van der Waals surface area contributed by atoms with Gasteiger partial charge in [-0.2, -0.15) is 0 Å². The number of rotatable bonds is 4. The van der Waals surface area contributed by atoms with E-state index in [0.29, 0.717) is 23.0 Å². The standard InChI is InChI=1S/C18H18O6/c1-21-14-9-13-16(18(23-3)17(14)22-2)12(8-15(20)24-13)10-4-6-11(19)7-5-10/h4-7,9,12,19H,8H2,1-3H3/t12-/m0/s1. The first-order chi connectivity index (χ1) is 11.6. The summed E-state index contributed by atoms with van der Waals surface area (Å²) >= 11 is 0. The number of hydrogen-bond acceptors (Lipinski definition) is 6. The van der Waals surface area contributed by atoms with Crippen LogP contribution in [0, 0.1) is 0 Å². The highest BCUT2D eigenvalue weighted by Crippen LogP contribution is 2.52. The van der Waals surface area contributed by atoms with Crippen molar-refractivity contribution in [3.05, 3.63) is 41.5 Å². The van der Waals surface area contributed by atoms with Crippen LogP contribution in [0.25, 0.3) is 0 Å². The third kappa shape index (κ3) is 2.60. The predicted molar refractivity (Wildman–Crippen MR) is 86.3 cm³/mol. The second kappa shape index (κ2) is 6.31. The predicted octanol–water partition coefficient (Wildman–Crippen LogP) is 2.86. The number of benzene rings is 2. The van der Waals surface area contributed by atoms with Crippen LogP contribution in [-0.4, -0.2) is 32.4 Å². The van der Waals surface area contributed by atoms with Crippen LogP contribution in [0.1, 0.15) is 23.5 Å². The molecule has 1 aliphatic rings. The summed E-state index contributed by atoms with van der Waals surface area (Å²) < 4.78 is 21.7. The number of aromatic hydroxyl groups is 1. The Morgan fingerprint density at radius 3 is 2.29 bits per heavy atom. The van der Waals surface area contributed by atoms with Crippen molar-refractivity contribution in [1.29, 1.82) is 0 Å². The molecule has 2 aromatic rings. The van der Waals surface area contributed by atoms with Crippen LogP contribution < -0.4 is 18.9 Å². The van der Waals surface area contributed by atoms with Crippen LogP contribution in [0.15, 0.2) is 30.3 Å². The minimum Gasteiger partial charge on any atom is -0.508 e. The summed E-state index contributed by atoms with van der Waals surface area (Å²) in [5.41, 5.74) is 1.59. The number of esters is 1. The molecule has 1 atom stereocenters. The summed E-state index contributed by atoms with van der Waals surface area (Å²) in [6.45, 7) is 0. The molecule has 0 unspecified atom stereocenters. The average Bonchev–Trinajstić information content (AvgIpc) is 2.59. The SMILES string of the molecule is COc1cc2c(c(OC)c1OC)[C@H](c1ccc(O)cc1)CC(=O)O2. The Kier molecular flexibility index (Phi) is 4.20. The third-order valence-electron chi connectivity index (χ3n) is 4.07. The lowest BCUT2D eigenvalue weighted by Gasteiger charge is -2.28. The summed E-state index contributed by atoms with van der Waals surface area (Å²) in [6, 6.07) is 8.35. The van der Waals surface area contributed by atoms with Gasteiger partial charge in [0.05, 0.1) is 27.8 Å². The molecule has 1 N–H and O–H groups in total. The van der Waals surface area contributed by atoms with Crippen molar-refractivity contribution < 1.29 is 28.8 Å². The van der Waals surface area contributed by atoms with E-state index in [2.05, 4.69) is 0 Å². The Morgan fingerprint density at radius 2 is 1.71 bits per heavy atom. The van der Waals surface area contributed by atoms with E-state index in [1.807, 2.05) is 0 Å². The Morgan fingerprint density at radius 1 is 1.04 bits per heavy atom. The summed E-state index contributed by atoms with van der Waals surface area (Å²) in [5.74, 6) is 1.28. The van der Waals surface area contributed by atoms with Gasteiger partial charge in [-0.25, -0.2) is 0 Å². The zero-order valence-electron chi connectivity index (χ0n) is 13.7. The molecule has 0 fully saturated rings. The van der Waals surface area contributed by atoms with Gasteiger partial charge in [0.2, 0.25) is 5.75 Å². The van der Waals surface area contributed by atoms with Gasteiger partial charge in [0, 0.05) is 17.5 Å². The Bertz CT molecular complexity index is 766. The molecular formula is C18H18O6. The zero-order chi connectivity index (χ0) is 17.3. The van der Waals surface area contributed by atoms with Crippen LogP contribution in [0.5, 0.6) is 28.7 Å². The van der Waals surface area contributed by atoms with E-state index in [4.69, 9.17) is 18.9 Å². The molecular weight excluding hydrogens is 312 g/mol. The average molecular weight is 330 g/mol. The van der Waals surface area contributed by atoms with Crippen molar-refractivity contribution in [2.45, 2.75) is 12.3 Å². The topological polar surface area (TPSA) is 74.2 Å². The van der Waals surface area contributed by atoms with E-state index >= 15 is 0 Å². The van der Waals surface area contributed by atoms with Crippen molar-refractivity contribution in [3.8, 4) is 28.7 Å². The summed E-state index contributed by atoms with van der Waals surface area (Å²) in [4.78, 5) is 12.0. The summed E-state index contributed by atoms with van der Waals surface area (Å²) in [5, 5.41) is 9.50. The highest BCUT2D eigenvalue weighted by molar-refractivity contribution is 5.80. The number of methoxy groups -OCH3 is 3. The Balaban J connectivity index is 2.23. The number of carbonyl (C=O) groups is 1. The number of hydrogen-bond donors (Lipinski definition) is 1. The van der Waals surface area contributed by atoms with E-state index in [0.717, 1.165) is 11.1 Å². The highest BCUT2D eigenvalue weighted by atomic mass is 16.5. The van der Waals surface area contributed by atoms with Crippen LogP contribution in [0.2, 0.25) is 0 Å². The fraction of sp³-hybridized carbons (Fsp3) is 0.278. The minimum absolute atomic E-state index is 0.164. The molecule has 1 heterocycles. The Labute approximate surface area is 139 Å². The van der Waals surface area contributed by atoms with Gasteiger partial charge >= 0.3 is 5.97 Å². The van der Waals surface area contributed by atoms with Gasteiger partial charge in [-0.1, -0.05) is 12.1 Å². The third-order valence-corrected chi connectivity index (χ3v) is 4.07. The second-order valence-electron chi connectivity index (χ2n) is 5.38. The minimum atomic E-state index is -0.338. The Hall–Kier alpha value is -2.89. The van der Waals surface area contributed by atoms with Crippen LogP contribution in [0.4, 0.5) is 0 Å². The largest absolute Gasteiger partial charge is 0.508 e. The van der Waals surface area contributed by atoms with Gasteiger partial charge in [0.25, 0.3) is 0 Å². The van der Waals surface area contributed by atoms with E-state index in [1.165, 1.54) is 21.3 Å². The number of carbonyl (C=O) groups excluding carboxylic acids is 1. The van der Waals surface area contributed by atoms with Crippen molar-refractivity contribution in [2.24, 2.45) is 0 Å². The maximum atomic E-state index is 12.0. The van der Waals surface area contributed by atoms with Crippen LogP contribution in [-0.2, 0) is 4.79 Å². The normalized spacial score (nSPS) is 16.1. The van der Waals surface area contributed by atoms with Gasteiger partial charge in [-0.3, -0.25) is 4.79 Å². The maximum absolute atomic E-state index is 12.0. The number of phenolic OH excluding ortho intramolecular Hbond substituents is 1. The maximum Gasteiger partial charge on any atom is 0.312 e. The highest BCUT2D eigenvalue weighted by Gasteiger charge is 2.35. The lowest BCUT2D eigenvalue weighted by Crippen LogP contribution is -2.22. The van der Waals surface area contributed by atoms with E-state index < -0.39 is 0 Å². The summed E-state index contributed by atoms with van der Waals surface area (Å²) in [6.07, 6.45) is 0.170. The van der Waals surface area contributed by atoms with Gasteiger partial charge in [-0.05, 0) is 17.7 Å². The van der Waals surface area contributed by atoms with Crippen molar-refractivity contribution in [2.75, 3.05) is 21.3 Å². The molecule has 0 saturated heterocycles. The fourth-order valence-corrected chi connectivity index (χ4v) is 2.99. The smallest absolute Gasteiger partial charge is 0.312 e. The first kappa shape index (κ1) is 16.0. The van der Waals surface area contributed by atoms with Gasteiger partial charge in [-0.15, -0.1) is 0 Å². The molecule has 0 aromatic heterocycles. The van der Waals surface area contributed by atoms with Crippen molar-refractivity contribution >= 4 is 5.97 Å². The lowest BCUT2D eigenvalue weighted by atomic mass is 9.85. The van der Waals surface area contributed by atoms with Gasteiger partial charge < -0.3 is 24.1 Å². The number of ether oxygens (including phenoxy) is 4. The molecule has 6 heteroatoms. The molecule has 0 spiro atoms. The second-order valence-corrected chi connectivity index (χ2v) is 5.38. The lowest BCUT2D eigenvalue weighted by molar-refractivity contribution is -0.135. The van der Waals surface area contributed by atoms with E-state index in [-0.39, 0.29) is 24.1 Å². The molecule has 1 aliphatic heterocycles. The monoisotopic (exact) mass is 330 g/mol. The molecule has 0 bridgehead atoms. The molecule has 0 radical (unpaired) electrons. The van der Waals surface area contributed by atoms with Crippen LogP contribution >= 0.6 is 0 Å². The number of fused-ring (bicyclic) bond motifs is 1. The van der Waals surface area contributed by atoms with Crippen molar-refractivity contribution in [1.82, 2.24) is 0 Å². The molecule has 126 valence electrons. The fourth-order valence-electron chi connectivity index (χ4n) is 2.99. The van der Waals surface area contributed by atoms with Crippen molar-refractivity contribution in [3.63, 3.8) is 0 Å². The molecule has 0 aliphatic carbocycles. The molecule has 2 aromatic carbocycles. The van der Waals surface area contributed by atoms with E-state index in [9.17, 15) is 9.90 Å². The van der Waals surface area contributed by atoms with E-state index in [1.54, 1.807) is 30.3 Å². The quantitative estimate of drug-likeness (QED) is 0.686. The summed E-state index contributed by atoms with van der Waals surface area (Å²) in [7, 11) is 4.56.